The monoisotopic (exact) mass is 344 g/mol. The van der Waals surface area contributed by atoms with E-state index in [0.29, 0.717) is 6.61 Å². The molecule has 0 aromatic carbocycles. The van der Waals surface area contributed by atoms with E-state index in [2.05, 4.69) is 40.3 Å². The summed E-state index contributed by atoms with van der Waals surface area (Å²) in [4.78, 5) is 10.4. The molecule has 0 saturated carbocycles. The first-order chi connectivity index (χ1) is 11.3. The van der Waals surface area contributed by atoms with Crippen LogP contribution in [0, 0.1) is 0 Å². The molecule has 3 heterocycles. The number of fused-ring (bicyclic) bond motifs is 1. The van der Waals surface area contributed by atoms with E-state index in [0.717, 1.165) is 36.2 Å². The van der Waals surface area contributed by atoms with E-state index < -0.39 is 0 Å². The third-order valence-electron chi connectivity index (χ3n) is 3.99. The topological polar surface area (TPSA) is 37.9 Å². The van der Waals surface area contributed by atoms with Crippen molar-refractivity contribution >= 4 is 40.0 Å². The van der Waals surface area contributed by atoms with Crippen LogP contribution in [0.4, 0.5) is 0 Å². The first-order valence-corrected chi connectivity index (χ1v) is 9.00. The molecular weight excluding hydrogens is 328 g/mol. The zero-order valence-electron chi connectivity index (χ0n) is 12.6. The van der Waals surface area contributed by atoms with Crippen LogP contribution in [0.25, 0.3) is 16.6 Å². The summed E-state index contributed by atoms with van der Waals surface area (Å²) in [5.41, 5.74) is 3.27. The van der Waals surface area contributed by atoms with Crippen molar-refractivity contribution in [1.82, 2.24) is 9.97 Å². The molecule has 1 atom stereocenters. The van der Waals surface area contributed by atoms with Gasteiger partial charge in [-0.25, -0.2) is 4.98 Å². The molecule has 2 aromatic rings. The quantitative estimate of drug-likeness (QED) is 0.804. The molecule has 3 nitrogen and oxygen atoms in total. The number of halogens is 1. The van der Waals surface area contributed by atoms with Crippen molar-refractivity contribution < 1.29 is 4.74 Å². The molecule has 0 bridgehead atoms. The smallest absolute Gasteiger partial charge is 0.138 e. The van der Waals surface area contributed by atoms with Crippen molar-refractivity contribution in [2.24, 2.45) is 0 Å². The average Bonchev–Trinajstić information content (AvgIpc) is 2.96. The van der Waals surface area contributed by atoms with Crippen LogP contribution >= 0.6 is 23.4 Å². The van der Waals surface area contributed by atoms with Crippen molar-refractivity contribution in [3.05, 3.63) is 53.2 Å². The maximum absolute atomic E-state index is 6.13. The van der Waals surface area contributed by atoms with Gasteiger partial charge in [0.1, 0.15) is 5.65 Å². The number of aromatic nitrogens is 2. The second-order valence-electron chi connectivity index (χ2n) is 5.62. The Morgan fingerprint density at radius 3 is 3.09 bits per heavy atom. The zero-order chi connectivity index (χ0) is 15.6. The van der Waals surface area contributed by atoms with Crippen LogP contribution in [0.5, 0.6) is 0 Å². The number of H-pyrrole nitrogens is 1. The molecule has 1 unspecified atom stereocenters. The lowest BCUT2D eigenvalue weighted by Gasteiger charge is -2.15. The fraction of sp³-hybridized carbons (Fsp3) is 0.278. The number of nitrogens with one attached hydrogen (secondary N) is 1. The number of rotatable bonds is 3. The Balaban J connectivity index is 1.77. The normalized spacial score (nSPS) is 21.3. The summed E-state index contributed by atoms with van der Waals surface area (Å²) in [6.07, 6.45) is 12.3. The zero-order valence-corrected chi connectivity index (χ0v) is 14.2. The lowest BCUT2D eigenvalue weighted by molar-refractivity contribution is 0.164. The van der Waals surface area contributed by atoms with E-state index in [9.17, 15) is 0 Å². The number of pyridine rings is 1. The van der Waals surface area contributed by atoms with Crippen molar-refractivity contribution in [2.45, 2.75) is 23.1 Å². The highest BCUT2D eigenvalue weighted by molar-refractivity contribution is 8.03. The molecule has 1 N–H and O–H groups in total. The van der Waals surface area contributed by atoms with Gasteiger partial charge in [-0.05, 0) is 30.5 Å². The summed E-state index contributed by atoms with van der Waals surface area (Å²) >= 11 is 7.90. The van der Waals surface area contributed by atoms with E-state index in [4.69, 9.17) is 16.3 Å². The summed E-state index contributed by atoms with van der Waals surface area (Å²) in [5.74, 6) is 0. The van der Waals surface area contributed by atoms with Gasteiger partial charge < -0.3 is 9.72 Å². The van der Waals surface area contributed by atoms with Gasteiger partial charge in [0.05, 0.1) is 24.3 Å². The molecule has 1 aliphatic heterocycles. The number of thioether (sulfide) groups is 1. The van der Waals surface area contributed by atoms with Crippen molar-refractivity contribution in [2.75, 3.05) is 13.2 Å². The highest BCUT2D eigenvalue weighted by Gasteiger charge is 2.19. The van der Waals surface area contributed by atoms with Gasteiger partial charge in [-0.1, -0.05) is 36.1 Å². The molecule has 0 fully saturated rings. The lowest BCUT2D eigenvalue weighted by Crippen LogP contribution is -2.06. The van der Waals surface area contributed by atoms with Crippen LogP contribution in [0.1, 0.15) is 18.5 Å². The average molecular weight is 345 g/mol. The number of hydrogen-bond donors (Lipinski definition) is 1. The maximum atomic E-state index is 6.13. The van der Waals surface area contributed by atoms with E-state index in [1.54, 1.807) is 11.8 Å². The van der Waals surface area contributed by atoms with Crippen LogP contribution in [-0.4, -0.2) is 28.6 Å². The van der Waals surface area contributed by atoms with Gasteiger partial charge in [0.25, 0.3) is 0 Å². The van der Waals surface area contributed by atoms with E-state index in [1.165, 1.54) is 15.4 Å². The molecule has 1 aliphatic carbocycles. The summed E-state index contributed by atoms with van der Waals surface area (Å²) in [6, 6.07) is 4.10. The molecule has 4 rings (SSSR count). The molecule has 5 heteroatoms. The van der Waals surface area contributed by atoms with Gasteiger partial charge in [-0.15, -0.1) is 11.6 Å². The Morgan fingerprint density at radius 2 is 2.30 bits per heavy atom. The largest absolute Gasteiger partial charge is 0.376 e. The Morgan fingerprint density at radius 1 is 1.35 bits per heavy atom. The van der Waals surface area contributed by atoms with Crippen LogP contribution in [0.2, 0.25) is 0 Å². The SMILES string of the molecule is ClC1C=CC(Sc2c(C3=CCCOC3)[nH]c3ncccc23)=CC1. The summed E-state index contributed by atoms with van der Waals surface area (Å²) in [6.45, 7) is 1.45. The Kier molecular flexibility index (Phi) is 4.29. The maximum Gasteiger partial charge on any atom is 0.138 e. The predicted octanol–water partition coefficient (Wildman–Crippen LogP) is 4.91. The Labute approximate surface area is 144 Å². The van der Waals surface area contributed by atoms with E-state index >= 15 is 0 Å². The molecule has 2 aromatic heterocycles. The van der Waals surface area contributed by atoms with Crippen LogP contribution in [0.3, 0.4) is 0 Å². The lowest BCUT2D eigenvalue weighted by atomic mass is 10.1. The van der Waals surface area contributed by atoms with Gasteiger partial charge in [0.15, 0.2) is 0 Å². The number of allylic oxidation sites excluding steroid dienone is 3. The predicted molar refractivity (Wildman–Crippen MR) is 96.8 cm³/mol. The van der Waals surface area contributed by atoms with Gasteiger partial charge in [0, 0.05) is 21.4 Å². The summed E-state index contributed by atoms with van der Waals surface area (Å²) in [5, 5.41) is 1.26. The van der Waals surface area contributed by atoms with Gasteiger partial charge in [-0.2, -0.15) is 0 Å². The number of aromatic amines is 1. The number of ether oxygens (including phenoxy) is 1. The number of hydrogen-bond acceptors (Lipinski definition) is 3. The second kappa shape index (κ2) is 6.56. The fourth-order valence-electron chi connectivity index (χ4n) is 2.83. The van der Waals surface area contributed by atoms with Crippen LogP contribution in [-0.2, 0) is 4.74 Å². The molecule has 0 amide bonds. The van der Waals surface area contributed by atoms with E-state index in [-0.39, 0.29) is 5.38 Å². The van der Waals surface area contributed by atoms with Crippen molar-refractivity contribution in [1.29, 1.82) is 0 Å². The molecule has 0 saturated heterocycles. The third-order valence-corrected chi connectivity index (χ3v) is 5.48. The fourth-order valence-corrected chi connectivity index (χ4v) is 4.11. The number of alkyl halides is 1. The summed E-state index contributed by atoms with van der Waals surface area (Å²) in [7, 11) is 0. The minimum Gasteiger partial charge on any atom is -0.376 e. The van der Waals surface area contributed by atoms with Crippen molar-refractivity contribution in [3.8, 4) is 0 Å². The minimum atomic E-state index is 0.109. The Hall–Kier alpha value is -1.49. The van der Waals surface area contributed by atoms with Gasteiger partial charge >= 0.3 is 0 Å². The van der Waals surface area contributed by atoms with Crippen molar-refractivity contribution in [3.63, 3.8) is 0 Å². The van der Waals surface area contributed by atoms with Gasteiger partial charge in [0.2, 0.25) is 0 Å². The molecule has 0 spiro atoms. The molecule has 0 radical (unpaired) electrons. The third kappa shape index (κ3) is 3.11. The summed E-state index contributed by atoms with van der Waals surface area (Å²) < 4.78 is 5.63. The standard InChI is InChI=1S/C18H17ClN2OS/c19-13-5-7-14(8-6-13)23-17-15-4-1-9-20-18(15)21-16(17)12-3-2-10-22-11-12/h1,3-5,7-9,13H,2,6,10-11H2,(H,20,21). The second-order valence-corrected chi connectivity index (χ2v) is 7.26. The first kappa shape index (κ1) is 15.1. The molecule has 2 aliphatic rings. The van der Waals surface area contributed by atoms with Crippen LogP contribution in [0.15, 0.2) is 52.4 Å². The molecule has 23 heavy (non-hydrogen) atoms. The minimum absolute atomic E-state index is 0.109. The van der Waals surface area contributed by atoms with Crippen LogP contribution < -0.4 is 0 Å². The molecule has 118 valence electrons. The highest BCUT2D eigenvalue weighted by atomic mass is 35.5. The first-order valence-electron chi connectivity index (χ1n) is 7.75. The molecular formula is C18H17ClN2OS. The number of nitrogens with zero attached hydrogens (tertiary/aromatic N) is 1. The Bertz CT molecular complexity index is 822. The van der Waals surface area contributed by atoms with Gasteiger partial charge in [-0.3, -0.25) is 0 Å². The highest BCUT2D eigenvalue weighted by Crippen LogP contribution is 2.40. The van der Waals surface area contributed by atoms with E-state index in [1.807, 2.05) is 12.3 Å².